The Bertz CT molecular complexity index is 806. The highest BCUT2D eigenvalue weighted by molar-refractivity contribution is 6.30. The number of piperidine rings is 1. The van der Waals surface area contributed by atoms with Crippen molar-refractivity contribution in [1.82, 2.24) is 20.0 Å². The Labute approximate surface area is 163 Å². The minimum atomic E-state index is -0.207. The third-order valence-corrected chi connectivity index (χ3v) is 5.00. The highest BCUT2D eigenvalue weighted by atomic mass is 35.5. The Morgan fingerprint density at radius 3 is 2.74 bits per heavy atom. The number of hydrogen-bond acceptors (Lipinski definition) is 5. The van der Waals surface area contributed by atoms with Gasteiger partial charge in [0.1, 0.15) is 0 Å². The molecular formula is C19H23ClN4O3. The summed E-state index contributed by atoms with van der Waals surface area (Å²) in [6.07, 6.45) is 1.70. The van der Waals surface area contributed by atoms with Gasteiger partial charge in [0, 0.05) is 38.5 Å². The van der Waals surface area contributed by atoms with Crippen LogP contribution in [0.5, 0.6) is 0 Å². The number of halogens is 1. The summed E-state index contributed by atoms with van der Waals surface area (Å²) in [6.45, 7) is 3.02. The lowest BCUT2D eigenvalue weighted by molar-refractivity contribution is -0.142. The van der Waals surface area contributed by atoms with Gasteiger partial charge in [0.25, 0.3) is 0 Å². The van der Waals surface area contributed by atoms with Gasteiger partial charge >= 0.3 is 0 Å². The standard InChI is InChI=1S/C19H23ClN4O3/c1-13-21-22-17(27-13)12-23(2)19(26)15-5-8-18(25)24(11-15)10-9-14-3-6-16(20)7-4-14/h3-4,6-7,15H,5,8-12H2,1-2H3/t15-/m1/s1. The molecule has 1 fully saturated rings. The molecule has 0 unspecified atom stereocenters. The predicted octanol–water partition coefficient (Wildman–Crippen LogP) is 2.47. The van der Waals surface area contributed by atoms with Gasteiger partial charge < -0.3 is 14.2 Å². The molecular weight excluding hydrogens is 368 g/mol. The predicted molar refractivity (Wildman–Crippen MR) is 100.0 cm³/mol. The van der Waals surface area contributed by atoms with Crippen LogP contribution in [0.3, 0.4) is 0 Å². The second-order valence-electron chi connectivity index (χ2n) is 6.86. The lowest BCUT2D eigenvalue weighted by Gasteiger charge is -2.33. The summed E-state index contributed by atoms with van der Waals surface area (Å²) < 4.78 is 5.34. The summed E-state index contributed by atoms with van der Waals surface area (Å²) in [5, 5.41) is 8.39. The van der Waals surface area contributed by atoms with Crippen molar-refractivity contribution in [3.8, 4) is 0 Å². The van der Waals surface area contributed by atoms with Crippen molar-refractivity contribution in [2.75, 3.05) is 20.1 Å². The van der Waals surface area contributed by atoms with Crippen molar-refractivity contribution in [2.24, 2.45) is 5.92 Å². The van der Waals surface area contributed by atoms with Gasteiger partial charge in [-0.25, -0.2) is 0 Å². The van der Waals surface area contributed by atoms with Crippen LogP contribution in [-0.2, 0) is 22.6 Å². The van der Waals surface area contributed by atoms with Crippen molar-refractivity contribution in [3.05, 3.63) is 46.6 Å². The first-order valence-corrected chi connectivity index (χ1v) is 9.36. The number of benzene rings is 1. The van der Waals surface area contributed by atoms with Crippen molar-refractivity contribution >= 4 is 23.4 Å². The van der Waals surface area contributed by atoms with Crippen LogP contribution in [0.1, 0.15) is 30.2 Å². The van der Waals surface area contributed by atoms with E-state index in [4.69, 9.17) is 16.0 Å². The molecule has 1 saturated heterocycles. The summed E-state index contributed by atoms with van der Waals surface area (Å²) in [5.41, 5.74) is 1.12. The maximum absolute atomic E-state index is 12.8. The number of nitrogens with zero attached hydrogens (tertiary/aromatic N) is 4. The molecule has 0 bridgehead atoms. The lowest BCUT2D eigenvalue weighted by Crippen LogP contribution is -2.46. The molecule has 1 aromatic carbocycles. The number of rotatable bonds is 6. The monoisotopic (exact) mass is 390 g/mol. The average Bonchev–Trinajstić information content (AvgIpc) is 3.06. The fraction of sp³-hybridized carbons (Fsp3) is 0.474. The smallest absolute Gasteiger partial charge is 0.235 e. The van der Waals surface area contributed by atoms with Crippen LogP contribution >= 0.6 is 11.6 Å². The van der Waals surface area contributed by atoms with E-state index in [1.165, 1.54) is 0 Å². The second kappa shape index (κ2) is 8.52. The van der Waals surface area contributed by atoms with Gasteiger partial charge in [0.15, 0.2) is 0 Å². The quantitative estimate of drug-likeness (QED) is 0.757. The van der Waals surface area contributed by atoms with Crippen LogP contribution in [0.15, 0.2) is 28.7 Å². The third-order valence-electron chi connectivity index (χ3n) is 4.75. The molecule has 0 spiro atoms. The van der Waals surface area contributed by atoms with Gasteiger partial charge in [-0.3, -0.25) is 9.59 Å². The highest BCUT2D eigenvalue weighted by Gasteiger charge is 2.32. The number of amides is 2. The maximum Gasteiger partial charge on any atom is 0.235 e. The summed E-state index contributed by atoms with van der Waals surface area (Å²) in [6, 6.07) is 7.60. The van der Waals surface area contributed by atoms with Gasteiger partial charge in [-0.05, 0) is 30.5 Å². The molecule has 7 nitrogen and oxygen atoms in total. The van der Waals surface area contributed by atoms with Crippen molar-refractivity contribution < 1.29 is 14.0 Å². The zero-order valence-electron chi connectivity index (χ0n) is 15.5. The summed E-state index contributed by atoms with van der Waals surface area (Å²) in [5.74, 6) is 0.775. The van der Waals surface area contributed by atoms with Crippen LogP contribution in [0, 0.1) is 12.8 Å². The lowest BCUT2D eigenvalue weighted by atomic mass is 9.95. The Morgan fingerprint density at radius 1 is 1.33 bits per heavy atom. The number of hydrogen-bond donors (Lipinski definition) is 0. The number of aryl methyl sites for hydroxylation is 1. The largest absolute Gasteiger partial charge is 0.424 e. The van der Waals surface area contributed by atoms with Crippen molar-refractivity contribution in [1.29, 1.82) is 0 Å². The van der Waals surface area contributed by atoms with Crippen LogP contribution in [-0.4, -0.2) is 51.9 Å². The first kappa shape index (κ1) is 19.4. The SMILES string of the molecule is Cc1nnc(CN(C)C(=O)[C@@H]2CCC(=O)N(CCc3ccc(Cl)cc3)C2)o1. The Balaban J connectivity index is 1.55. The zero-order chi connectivity index (χ0) is 19.4. The van der Waals surface area contributed by atoms with E-state index in [2.05, 4.69) is 10.2 Å². The highest BCUT2D eigenvalue weighted by Crippen LogP contribution is 2.21. The Kier molecular flexibility index (Phi) is 6.11. The zero-order valence-corrected chi connectivity index (χ0v) is 16.3. The number of aromatic nitrogens is 2. The van der Waals surface area contributed by atoms with E-state index in [1.807, 2.05) is 24.3 Å². The first-order chi connectivity index (χ1) is 12.9. The van der Waals surface area contributed by atoms with Crippen LogP contribution < -0.4 is 0 Å². The van der Waals surface area contributed by atoms with Crippen LogP contribution in [0.2, 0.25) is 5.02 Å². The molecule has 1 aliphatic rings. The maximum atomic E-state index is 12.8. The Morgan fingerprint density at radius 2 is 2.07 bits per heavy atom. The molecule has 144 valence electrons. The fourth-order valence-corrected chi connectivity index (χ4v) is 3.37. The van der Waals surface area contributed by atoms with Gasteiger partial charge in [-0.15, -0.1) is 10.2 Å². The van der Waals surface area contributed by atoms with Crippen LogP contribution in [0.25, 0.3) is 0 Å². The normalized spacial score (nSPS) is 17.2. The van der Waals surface area contributed by atoms with Gasteiger partial charge in [0.2, 0.25) is 23.6 Å². The second-order valence-corrected chi connectivity index (χ2v) is 7.30. The molecule has 3 rings (SSSR count). The van der Waals surface area contributed by atoms with Crippen molar-refractivity contribution in [3.63, 3.8) is 0 Å². The third kappa shape index (κ3) is 5.07. The number of carbonyl (C=O) groups excluding carboxylic acids is 2. The van der Waals surface area contributed by atoms with E-state index in [9.17, 15) is 9.59 Å². The summed E-state index contributed by atoms with van der Waals surface area (Å²) in [7, 11) is 1.72. The first-order valence-electron chi connectivity index (χ1n) is 8.98. The molecule has 0 radical (unpaired) electrons. The van der Waals surface area contributed by atoms with E-state index in [-0.39, 0.29) is 24.3 Å². The van der Waals surface area contributed by atoms with E-state index in [1.54, 1.807) is 23.8 Å². The minimum absolute atomic E-state index is 0.00477. The molecule has 1 aromatic heterocycles. The summed E-state index contributed by atoms with van der Waals surface area (Å²) >= 11 is 5.90. The summed E-state index contributed by atoms with van der Waals surface area (Å²) in [4.78, 5) is 28.4. The van der Waals surface area contributed by atoms with Gasteiger partial charge in [0.05, 0.1) is 12.5 Å². The molecule has 1 atom stereocenters. The molecule has 0 aliphatic carbocycles. The van der Waals surface area contributed by atoms with E-state index < -0.39 is 0 Å². The van der Waals surface area contributed by atoms with E-state index in [0.717, 1.165) is 12.0 Å². The van der Waals surface area contributed by atoms with E-state index >= 15 is 0 Å². The topological polar surface area (TPSA) is 79.5 Å². The van der Waals surface area contributed by atoms with Gasteiger partial charge in [-0.2, -0.15) is 0 Å². The number of likely N-dealkylation sites (tertiary alicyclic amines) is 1. The molecule has 2 heterocycles. The molecule has 8 heteroatoms. The molecule has 0 N–H and O–H groups in total. The fourth-order valence-electron chi connectivity index (χ4n) is 3.24. The molecule has 0 saturated carbocycles. The molecule has 27 heavy (non-hydrogen) atoms. The number of carbonyl (C=O) groups is 2. The minimum Gasteiger partial charge on any atom is -0.424 e. The molecule has 1 aliphatic heterocycles. The Hall–Kier alpha value is -2.41. The molecule has 2 aromatic rings. The van der Waals surface area contributed by atoms with Crippen LogP contribution in [0.4, 0.5) is 0 Å². The average molecular weight is 391 g/mol. The van der Waals surface area contributed by atoms with E-state index in [0.29, 0.717) is 42.7 Å². The molecule has 2 amide bonds. The van der Waals surface area contributed by atoms with Crippen molar-refractivity contribution in [2.45, 2.75) is 32.7 Å². The van der Waals surface area contributed by atoms with Gasteiger partial charge in [-0.1, -0.05) is 23.7 Å².